The number of hydrogen-bond acceptors (Lipinski definition) is 5. The first-order valence-corrected chi connectivity index (χ1v) is 7.96. The second-order valence-corrected chi connectivity index (χ2v) is 8.04. The summed E-state index contributed by atoms with van der Waals surface area (Å²) in [7, 11) is -3.09. The van der Waals surface area contributed by atoms with E-state index in [0.29, 0.717) is 6.54 Å². The molecule has 0 radical (unpaired) electrons. The zero-order valence-electron chi connectivity index (χ0n) is 11.0. The van der Waals surface area contributed by atoms with Gasteiger partial charge in [-0.2, -0.15) is 0 Å². The molecule has 0 aromatic carbocycles. The Bertz CT molecular complexity index is 552. The van der Waals surface area contributed by atoms with Crippen molar-refractivity contribution in [2.75, 3.05) is 18.1 Å². The monoisotopic (exact) mass is 269 g/mol. The Labute approximate surface area is 108 Å². The SMILES string of the molecule is CC(C)(CNc1ncnc2c1CCC2)S(C)(=O)=O. The van der Waals surface area contributed by atoms with Gasteiger partial charge in [0.05, 0.1) is 4.75 Å². The van der Waals surface area contributed by atoms with Gasteiger partial charge in [-0.25, -0.2) is 18.4 Å². The van der Waals surface area contributed by atoms with Crippen LogP contribution in [0.25, 0.3) is 0 Å². The first kappa shape index (κ1) is 13.3. The number of nitrogens with zero attached hydrogens (tertiary/aromatic N) is 2. The molecule has 0 fully saturated rings. The molecule has 0 aliphatic heterocycles. The zero-order valence-corrected chi connectivity index (χ0v) is 11.8. The third-order valence-corrected chi connectivity index (χ3v) is 5.71. The minimum atomic E-state index is -3.09. The van der Waals surface area contributed by atoms with Crippen molar-refractivity contribution < 1.29 is 8.42 Å². The minimum absolute atomic E-state index is 0.356. The van der Waals surface area contributed by atoms with Gasteiger partial charge in [0.25, 0.3) is 0 Å². The largest absolute Gasteiger partial charge is 0.368 e. The summed E-state index contributed by atoms with van der Waals surface area (Å²) >= 11 is 0. The lowest BCUT2D eigenvalue weighted by Crippen LogP contribution is -2.38. The molecule has 0 spiro atoms. The average molecular weight is 269 g/mol. The molecule has 0 saturated carbocycles. The van der Waals surface area contributed by atoms with E-state index in [1.807, 2.05) is 0 Å². The Morgan fingerprint density at radius 3 is 2.72 bits per heavy atom. The zero-order chi connectivity index (χ0) is 13.4. The lowest BCUT2D eigenvalue weighted by atomic mass is 10.2. The van der Waals surface area contributed by atoms with Gasteiger partial charge in [0.1, 0.15) is 12.1 Å². The molecule has 1 aliphatic carbocycles. The van der Waals surface area contributed by atoms with Crippen LogP contribution in [0, 0.1) is 0 Å². The third kappa shape index (κ3) is 2.48. The van der Waals surface area contributed by atoms with Crippen LogP contribution in [0.4, 0.5) is 5.82 Å². The molecule has 0 saturated heterocycles. The minimum Gasteiger partial charge on any atom is -0.368 e. The molecule has 1 heterocycles. The molecule has 6 heteroatoms. The van der Waals surface area contributed by atoms with Gasteiger partial charge in [-0.1, -0.05) is 0 Å². The van der Waals surface area contributed by atoms with Crippen LogP contribution in [0.2, 0.25) is 0 Å². The fourth-order valence-corrected chi connectivity index (χ4v) is 2.27. The lowest BCUT2D eigenvalue weighted by molar-refractivity contribution is 0.559. The van der Waals surface area contributed by atoms with Gasteiger partial charge in [0.15, 0.2) is 9.84 Å². The van der Waals surface area contributed by atoms with Gasteiger partial charge in [-0.3, -0.25) is 0 Å². The van der Waals surface area contributed by atoms with E-state index in [1.54, 1.807) is 20.2 Å². The lowest BCUT2D eigenvalue weighted by Gasteiger charge is -2.23. The van der Waals surface area contributed by atoms with Crippen LogP contribution in [0.3, 0.4) is 0 Å². The number of anilines is 1. The van der Waals surface area contributed by atoms with E-state index in [2.05, 4.69) is 15.3 Å². The second kappa shape index (κ2) is 4.50. The highest BCUT2D eigenvalue weighted by atomic mass is 32.2. The molecule has 1 aliphatic rings. The summed E-state index contributed by atoms with van der Waals surface area (Å²) in [6.07, 6.45) is 5.86. The number of rotatable bonds is 4. The summed E-state index contributed by atoms with van der Waals surface area (Å²) in [5.41, 5.74) is 2.23. The van der Waals surface area contributed by atoms with Crippen LogP contribution in [0.1, 0.15) is 31.5 Å². The van der Waals surface area contributed by atoms with Gasteiger partial charge >= 0.3 is 0 Å². The van der Waals surface area contributed by atoms with Gasteiger partial charge in [-0.15, -0.1) is 0 Å². The van der Waals surface area contributed by atoms with Crippen molar-refractivity contribution in [1.29, 1.82) is 0 Å². The topological polar surface area (TPSA) is 72.0 Å². The molecule has 18 heavy (non-hydrogen) atoms. The van der Waals surface area contributed by atoms with Crippen molar-refractivity contribution in [1.82, 2.24) is 9.97 Å². The van der Waals surface area contributed by atoms with E-state index in [-0.39, 0.29) is 0 Å². The van der Waals surface area contributed by atoms with E-state index in [0.717, 1.165) is 36.3 Å². The number of nitrogens with one attached hydrogen (secondary N) is 1. The normalized spacial score (nSPS) is 15.5. The fraction of sp³-hybridized carbons (Fsp3) is 0.667. The average Bonchev–Trinajstić information content (AvgIpc) is 2.73. The van der Waals surface area contributed by atoms with E-state index in [9.17, 15) is 8.42 Å². The Morgan fingerprint density at radius 2 is 2.06 bits per heavy atom. The molecule has 100 valence electrons. The van der Waals surface area contributed by atoms with E-state index in [4.69, 9.17) is 0 Å². The number of hydrogen-bond donors (Lipinski definition) is 1. The Hall–Kier alpha value is -1.17. The molecule has 0 atom stereocenters. The summed E-state index contributed by atoms with van der Waals surface area (Å²) in [6.45, 7) is 3.79. The number of aryl methyl sites for hydroxylation is 1. The molecular weight excluding hydrogens is 250 g/mol. The van der Waals surface area contributed by atoms with Crippen molar-refractivity contribution in [2.45, 2.75) is 37.9 Å². The fourth-order valence-electron chi connectivity index (χ4n) is 1.94. The molecule has 0 unspecified atom stereocenters. The molecule has 5 nitrogen and oxygen atoms in total. The molecule has 2 rings (SSSR count). The summed E-state index contributed by atoms with van der Waals surface area (Å²) in [5, 5.41) is 3.16. The molecule has 1 aromatic rings. The maximum absolute atomic E-state index is 11.6. The Morgan fingerprint density at radius 1 is 1.33 bits per heavy atom. The quantitative estimate of drug-likeness (QED) is 0.889. The number of aromatic nitrogens is 2. The van der Waals surface area contributed by atoms with Crippen LogP contribution in [-0.2, 0) is 22.7 Å². The summed E-state index contributed by atoms with van der Waals surface area (Å²) < 4.78 is 22.5. The van der Waals surface area contributed by atoms with E-state index in [1.165, 1.54) is 6.26 Å². The maximum Gasteiger partial charge on any atom is 0.154 e. The van der Waals surface area contributed by atoms with E-state index >= 15 is 0 Å². The number of fused-ring (bicyclic) bond motifs is 1. The van der Waals surface area contributed by atoms with Crippen molar-refractivity contribution in [3.05, 3.63) is 17.6 Å². The summed E-state index contributed by atoms with van der Waals surface area (Å²) in [6, 6.07) is 0. The first-order chi connectivity index (χ1) is 8.31. The van der Waals surface area contributed by atoms with Crippen molar-refractivity contribution in [3.8, 4) is 0 Å². The summed E-state index contributed by atoms with van der Waals surface area (Å²) in [4.78, 5) is 8.46. The molecule has 0 amide bonds. The van der Waals surface area contributed by atoms with Crippen LogP contribution < -0.4 is 5.32 Å². The first-order valence-electron chi connectivity index (χ1n) is 6.07. The van der Waals surface area contributed by atoms with Crippen LogP contribution in [-0.4, -0.2) is 35.9 Å². The van der Waals surface area contributed by atoms with Gasteiger partial charge in [0, 0.05) is 24.1 Å². The Balaban J connectivity index is 2.15. The van der Waals surface area contributed by atoms with Crippen molar-refractivity contribution in [3.63, 3.8) is 0 Å². The standard InChI is InChI=1S/C12H19N3O2S/c1-12(2,18(3,16)17)7-13-11-9-5-4-6-10(9)14-8-15-11/h8H,4-7H2,1-3H3,(H,13,14,15). The van der Waals surface area contributed by atoms with E-state index < -0.39 is 14.6 Å². The molecular formula is C12H19N3O2S. The molecule has 1 N–H and O–H groups in total. The highest BCUT2D eigenvalue weighted by Crippen LogP contribution is 2.26. The van der Waals surface area contributed by atoms with Gasteiger partial charge in [-0.05, 0) is 33.1 Å². The smallest absolute Gasteiger partial charge is 0.154 e. The summed E-state index contributed by atoms with van der Waals surface area (Å²) in [5.74, 6) is 0.786. The van der Waals surface area contributed by atoms with Crippen molar-refractivity contribution >= 4 is 15.7 Å². The van der Waals surface area contributed by atoms with Crippen LogP contribution in [0.15, 0.2) is 6.33 Å². The van der Waals surface area contributed by atoms with Crippen molar-refractivity contribution in [2.24, 2.45) is 0 Å². The highest BCUT2D eigenvalue weighted by Gasteiger charge is 2.30. The predicted octanol–water partition coefficient (Wildman–Crippen LogP) is 1.20. The van der Waals surface area contributed by atoms with Crippen LogP contribution in [0.5, 0.6) is 0 Å². The van der Waals surface area contributed by atoms with Crippen LogP contribution >= 0.6 is 0 Å². The highest BCUT2D eigenvalue weighted by molar-refractivity contribution is 7.92. The predicted molar refractivity (Wildman–Crippen MR) is 71.5 cm³/mol. The Kier molecular flexibility index (Phi) is 3.31. The molecule has 1 aromatic heterocycles. The van der Waals surface area contributed by atoms with Gasteiger partial charge in [0.2, 0.25) is 0 Å². The second-order valence-electron chi connectivity index (χ2n) is 5.39. The third-order valence-electron chi connectivity index (χ3n) is 3.56. The molecule has 0 bridgehead atoms. The number of sulfone groups is 1. The van der Waals surface area contributed by atoms with Gasteiger partial charge < -0.3 is 5.32 Å². The maximum atomic E-state index is 11.6.